The SMILES string of the molecule is BCN1CCC(C2CCN(c3ncc(NC4CCC(=O)NC4=O)s3)CC2)C(F)(F)C1. The van der Waals surface area contributed by atoms with Gasteiger partial charge in [0.15, 0.2) is 5.13 Å². The molecule has 164 valence electrons. The smallest absolute Gasteiger partial charge is 0.263 e. The van der Waals surface area contributed by atoms with Gasteiger partial charge in [-0.3, -0.25) is 14.9 Å². The van der Waals surface area contributed by atoms with Crippen molar-refractivity contribution in [3.63, 3.8) is 0 Å². The molecular formula is C19H28BF2N5O2S. The Labute approximate surface area is 180 Å². The number of rotatable bonds is 5. The zero-order valence-corrected chi connectivity index (χ0v) is 18.0. The van der Waals surface area contributed by atoms with Crippen LogP contribution in [0.4, 0.5) is 18.9 Å². The van der Waals surface area contributed by atoms with Crippen LogP contribution in [0.2, 0.25) is 0 Å². The van der Waals surface area contributed by atoms with E-state index in [0.717, 1.165) is 42.6 Å². The molecule has 0 spiro atoms. The van der Waals surface area contributed by atoms with Crippen molar-refractivity contribution < 1.29 is 18.4 Å². The van der Waals surface area contributed by atoms with Gasteiger partial charge in [-0.2, -0.15) is 0 Å². The highest BCUT2D eigenvalue weighted by Crippen LogP contribution is 2.42. The molecule has 0 saturated carbocycles. The summed E-state index contributed by atoms with van der Waals surface area (Å²) in [6, 6.07) is -0.432. The average molecular weight is 439 g/mol. The summed E-state index contributed by atoms with van der Waals surface area (Å²) in [5.41, 5.74) is 0. The Bertz CT molecular complexity index is 787. The van der Waals surface area contributed by atoms with Gasteiger partial charge in [0.25, 0.3) is 5.92 Å². The van der Waals surface area contributed by atoms with Crippen LogP contribution >= 0.6 is 11.3 Å². The summed E-state index contributed by atoms with van der Waals surface area (Å²) in [4.78, 5) is 31.6. The number of carbonyl (C=O) groups is 2. The Morgan fingerprint density at radius 2 is 2.00 bits per heavy atom. The molecule has 4 heterocycles. The van der Waals surface area contributed by atoms with Crippen LogP contribution in [-0.2, 0) is 9.59 Å². The van der Waals surface area contributed by atoms with Gasteiger partial charge in [0.05, 0.1) is 12.7 Å². The maximum atomic E-state index is 14.7. The lowest BCUT2D eigenvalue weighted by atomic mass is 9.76. The van der Waals surface area contributed by atoms with Crippen LogP contribution < -0.4 is 15.5 Å². The third-order valence-corrected chi connectivity index (χ3v) is 7.60. The monoisotopic (exact) mass is 439 g/mol. The summed E-state index contributed by atoms with van der Waals surface area (Å²) in [5, 5.41) is 7.11. The molecule has 2 atom stereocenters. The summed E-state index contributed by atoms with van der Waals surface area (Å²) in [6.45, 7) is 2.09. The number of hydrogen-bond donors (Lipinski definition) is 2. The second-order valence-electron chi connectivity index (χ2n) is 8.50. The zero-order valence-electron chi connectivity index (χ0n) is 17.2. The molecule has 11 heteroatoms. The molecule has 30 heavy (non-hydrogen) atoms. The number of aromatic nitrogens is 1. The highest BCUT2D eigenvalue weighted by Gasteiger charge is 2.48. The molecule has 1 aromatic heterocycles. The van der Waals surface area contributed by atoms with Gasteiger partial charge in [-0.15, -0.1) is 0 Å². The van der Waals surface area contributed by atoms with Crippen LogP contribution in [0, 0.1) is 11.8 Å². The van der Waals surface area contributed by atoms with E-state index in [9.17, 15) is 18.4 Å². The highest BCUT2D eigenvalue weighted by atomic mass is 32.1. The molecule has 1 aromatic rings. The number of carbonyl (C=O) groups excluding carboxylic acids is 2. The number of likely N-dealkylation sites (tertiary alicyclic amines) is 1. The largest absolute Gasteiger partial charge is 0.364 e. The Morgan fingerprint density at radius 3 is 2.67 bits per heavy atom. The second kappa shape index (κ2) is 8.78. The lowest BCUT2D eigenvalue weighted by Crippen LogP contribution is -2.52. The lowest BCUT2D eigenvalue weighted by Gasteiger charge is -2.44. The van der Waals surface area contributed by atoms with E-state index in [-0.39, 0.29) is 24.3 Å². The Morgan fingerprint density at radius 1 is 1.23 bits per heavy atom. The summed E-state index contributed by atoms with van der Waals surface area (Å²) in [6.07, 6.45) is 5.25. The summed E-state index contributed by atoms with van der Waals surface area (Å²) < 4.78 is 29.3. The first kappa shape index (κ1) is 21.5. The number of thiazole rings is 1. The highest BCUT2D eigenvalue weighted by molar-refractivity contribution is 7.19. The fraction of sp³-hybridized carbons (Fsp3) is 0.737. The van der Waals surface area contributed by atoms with Gasteiger partial charge in [-0.1, -0.05) is 11.3 Å². The molecule has 3 saturated heterocycles. The molecule has 3 aliphatic heterocycles. The number of nitrogens with zero attached hydrogens (tertiary/aromatic N) is 3. The van der Waals surface area contributed by atoms with Crippen molar-refractivity contribution in [1.82, 2.24) is 15.2 Å². The minimum atomic E-state index is -2.61. The molecule has 4 rings (SSSR count). The summed E-state index contributed by atoms with van der Waals surface area (Å²) >= 11 is 1.46. The van der Waals surface area contributed by atoms with E-state index in [1.807, 2.05) is 12.7 Å². The summed E-state index contributed by atoms with van der Waals surface area (Å²) in [7, 11) is 1.94. The van der Waals surface area contributed by atoms with Crippen molar-refractivity contribution >= 4 is 41.1 Å². The minimum Gasteiger partial charge on any atom is -0.364 e. The van der Waals surface area contributed by atoms with E-state index < -0.39 is 17.9 Å². The van der Waals surface area contributed by atoms with Crippen molar-refractivity contribution in [3.05, 3.63) is 6.20 Å². The van der Waals surface area contributed by atoms with Crippen LogP contribution in [0.25, 0.3) is 0 Å². The van der Waals surface area contributed by atoms with Crippen molar-refractivity contribution in [2.45, 2.75) is 44.1 Å². The van der Waals surface area contributed by atoms with Crippen molar-refractivity contribution in [3.8, 4) is 0 Å². The Balaban J connectivity index is 1.31. The topological polar surface area (TPSA) is 77.6 Å². The molecule has 2 N–H and O–H groups in total. The first-order valence-electron chi connectivity index (χ1n) is 10.8. The molecule has 3 aliphatic rings. The van der Waals surface area contributed by atoms with E-state index in [2.05, 4.69) is 20.5 Å². The number of hydrogen-bond acceptors (Lipinski definition) is 7. The van der Waals surface area contributed by atoms with Gasteiger partial charge in [-0.25, -0.2) is 13.8 Å². The molecular weight excluding hydrogens is 411 g/mol. The van der Waals surface area contributed by atoms with Crippen LogP contribution in [0.15, 0.2) is 6.20 Å². The second-order valence-corrected chi connectivity index (χ2v) is 9.51. The summed E-state index contributed by atoms with van der Waals surface area (Å²) in [5.74, 6) is -3.63. The predicted molar refractivity (Wildman–Crippen MR) is 115 cm³/mol. The number of anilines is 2. The third-order valence-electron chi connectivity index (χ3n) is 6.61. The molecule has 0 aliphatic carbocycles. The number of piperidine rings is 3. The normalized spacial score (nSPS) is 28.4. The molecule has 0 radical (unpaired) electrons. The standard InChI is InChI=1S/C19H28BF2N5O2S/c20-11-26-6-5-13(19(21,22)10-26)12-3-7-27(8-4-12)18-23-9-16(30-18)24-14-1-2-15(28)25-17(14)29/h9,12-14,24H,1-8,10-11,20H2,(H,25,28,29). The van der Waals surface area contributed by atoms with Gasteiger partial charge in [0.2, 0.25) is 11.8 Å². The van der Waals surface area contributed by atoms with E-state index in [0.29, 0.717) is 25.7 Å². The van der Waals surface area contributed by atoms with Gasteiger partial charge in [-0.05, 0) is 44.6 Å². The number of alkyl halides is 2. The molecule has 2 amide bonds. The van der Waals surface area contributed by atoms with Crippen molar-refractivity contribution in [1.29, 1.82) is 0 Å². The molecule has 0 bridgehead atoms. The van der Waals surface area contributed by atoms with Crippen LogP contribution in [0.1, 0.15) is 32.1 Å². The lowest BCUT2D eigenvalue weighted by molar-refractivity contribution is -0.133. The van der Waals surface area contributed by atoms with E-state index in [1.54, 1.807) is 6.20 Å². The van der Waals surface area contributed by atoms with Crippen LogP contribution in [0.5, 0.6) is 0 Å². The molecule has 0 aromatic carbocycles. The number of amides is 2. The fourth-order valence-electron chi connectivity index (χ4n) is 4.85. The molecule has 2 unspecified atom stereocenters. The van der Waals surface area contributed by atoms with Gasteiger partial charge in [0, 0.05) is 25.4 Å². The number of nitrogens with one attached hydrogen (secondary N) is 2. The molecule has 7 nitrogen and oxygen atoms in total. The minimum absolute atomic E-state index is 0.0521. The third kappa shape index (κ3) is 4.61. The predicted octanol–water partition coefficient (Wildman–Crippen LogP) is 1.12. The zero-order chi connectivity index (χ0) is 21.3. The number of halogens is 2. The van der Waals surface area contributed by atoms with Gasteiger partial charge in [0.1, 0.15) is 18.9 Å². The maximum Gasteiger partial charge on any atom is 0.263 e. The first-order chi connectivity index (χ1) is 14.4. The van der Waals surface area contributed by atoms with E-state index in [1.165, 1.54) is 11.3 Å². The Kier molecular flexibility index (Phi) is 6.29. The van der Waals surface area contributed by atoms with Gasteiger partial charge >= 0.3 is 0 Å². The van der Waals surface area contributed by atoms with Gasteiger partial charge < -0.3 is 15.1 Å². The Hall–Kier alpha value is -1.75. The number of imide groups is 1. The first-order valence-corrected chi connectivity index (χ1v) is 11.6. The fourth-order valence-corrected chi connectivity index (χ4v) is 5.77. The van der Waals surface area contributed by atoms with E-state index >= 15 is 0 Å². The average Bonchev–Trinajstić information content (AvgIpc) is 3.18. The maximum absolute atomic E-state index is 14.7. The van der Waals surface area contributed by atoms with Crippen LogP contribution in [-0.4, -0.2) is 74.1 Å². The van der Waals surface area contributed by atoms with Crippen molar-refractivity contribution in [2.24, 2.45) is 11.8 Å². The van der Waals surface area contributed by atoms with Crippen molar-refractivity contribution in [2.75, 3.05) is 42.8 Å². The van der Waals surface area contributed by atoms with E-state index in [4.69, 9.17) is 0 Å². The molecule has 3 fully saturated rings. The quantitative estimate of drug-likeness (QED) is 0.529. The van der Waals surface area contributed by atoms with Crippen LogP contribution in [0.3, 0.4) is 0 Å².